The number of rotatable bonds is 6. The molecule has 0 bridgehead atoms. The standard InChI is InChI=1S/C15H20N2O3/c1-10(11-5-3-2-4-6-11)16-15(20)17-13(9-14(18)19)12-7-8-12/h2-6,10,12-13H,7-9H2,1H3,(H,18,19)(H2,16,17,20). The molecule has 2 rings (SSSR count). The number of benzene rings is 1. The fourth-order valence-corrected chi connectivity index (χ4v) is 2.25. The molecule has 0 radical (unpaired) electrons. The van der Waals surface area contributed by atoms with Gasteiger partial charge in [0.1, 0.15) is 0 Å². The molecular weight excluding hydrogens is 256 g/mol. The van der Waals surface area contributed by atoms with Crippen LogP contribution in [0.25, 0.3) is 0 Å². The molecule has 0 aliphatic heterocycles. The number of hydrogen-bond donors (Lipinski definition) is 3. The van der Waals surface area contributed by atoms with Gasteiger partial charge in [0.25, 0.3) is 0 Å². The Morgan fingerprint density at radius 1 is 1.25 bits per heavy atom. The van der Waals surface area contributed by atoms with Crippen LogP contribution < -0.4 is 10.6 Å². The first-order valence-electron chi connectivity index (χ1n) is 6.90. The maximum atomic E-state index is 11.9. The summed E-state index contributed by atoms with van der Waals surface area (Å²) in [6, 6.07) is 8.97. The Kier molecular flexibility index (Phi) is 4.61. The van der Waals surface area contributed by atoms with Gasteiger partial charge in [0, 0.05) is 6.04 Å². The minimum Gasteiger partial charge on any atom is -0.481 e. The minimum atomic E-state index is -0.877. The predicted octanol–water partition coefficient (Wildman–Crippen LogP) is 2.30. The van der Waals surface area contributed by atoms with E-state index < -0.39 is 5.97 Å². The average Bonchev–Trinajstić information content (AvgIpc) is 3.22. The Balaban J connectivity index is 1.86. The maximum Gasteiger partial charge on any atom is 0.315 e. The molecule has 5 heteroatoms. The van der Waals surface area contributed by atoms with Crippen molar-refractivity contribution < 1.29 is 14.7 Å². The van der Waals surface area contributed by atoms with Crippen molar-refractivity contribution in [2.75, 3.05) is 0 Å². The highest BCUT2D eigenvalue weighted by Crippen LogP contribution is 2.34. The van der Waals surface area contributed by atoms with E-state index in [0.717, 1.165) is 18.4 Å². The van der Waals surface area contributed by atoms with Crippen LogP contribution in [0.4, 0.5) is 4.79 Å². The zero-order valence-electron chi connectivity index (χ0n) is 11.5. The average molecular weight is 276 g/mol. The van der Waals surface area contributed by atoms with Gasteiger partial charge < -0.3 is 15.7 Å². The van der Waals surface area contributed by atoms with Gasteiger partial charge in [0.15, 0.2) is 0 Å². The van der Waals surface area contributed by atoms with Crippen LogP contribution in [-0.2, 0) is 4.79 Å². The van der Waals surface area contributed by atoms with Crippen molar-refractivity contribution in [3.63, 3.8) is 0 Å². The molecule has 1 aromatic rings. The van der Waals surface area contributed by atoms with Crippen molar-refractivity contribution in [2.24, 2.45) is 5.92 Å². The number of carboxylic acids is 1. The van der Waals surface area contributed by atoms with Crippen LogP contribution in [0.15, 0.2) is 30.3 Å². The first-order valence-corrected chi connectivity index (χ1v) is 6.90. The molecule has 20 heavy (non-hydrogen) atoms. The summed E-state index contributed by atoms with van der Waals surface area (Å²) in [6.45, 7) is 1.90. The summed E-state index contributed by atoms with van der Waals surface area (Å²) < 4.78 is 0. The molecule has 0 spiro atoms. The molecule has 108 valence electrons. The van der Waals surface area contributed by atoms with Crippen molar-refractivity contribution in [1.29, 1.82) is 0 Å². The minimum absolute atomic E-state index is 0.0161. The normalized spacial score (nSPS) is 17.1. The van der Waals surface area contributed by atoms with Crippen LogP contribution in [0.1, 0.15) is 37.8 Å². The highest BCUT2D eigenvalue weighted by Gasteiger charge is 2.33. The quantitative estimate of drug-likeness (QED) is 0.746. The molecule has 1 fully saturated rings. The molecular formula is C15H20N2O3. The molecule has 3 N–H and O–H groups in total. The Morgan fingerprint density at radius 2 is 1.90 bits per heavy atom. The van der Waals surface area contributed by atoms with Crippen LogP contribution in [0, 0.1) is 5.92 Å². The number of hydrogen-bond acceptors (Lipinski definition) is 2. The van der Waals surface area contributed by atoms with E-state index in [0.29, 0.717) is 5.92 Å². The molecule has 1 aromatic carbocycles. The molecule has 1 saturated carbocycles. The van der Waals surface area contributed by atoms with Gasteiger partial charge in [0.05, 0.1) is 12.5 Å². The van der Waals surface area contributed by atoms with E-state index in [9.17, 15) is 9.59 Å². The smallest absolute Gasteiger partial charge is 0.315 e. The Labute approximate surface area is 118 Å². The Morgan fingerprint density at radius 3 is 2.45 bits per heavy atom. The van der Waals surface area contributed by atoms with Gasteiger partial charge in [0.2, 0.25) is 0 Å². The van der Waals surface area contributed by atoms with E-state index in [4.69, 9.17) is 5.11 Å². The van der Waals surface area contributed by atoms with Crippen molar-refractivity contribution in [2.45, 2.75) is 38.3 Å². The molecule has 0 heterocycles. The molecule has 1 aliphatic rings. The Bertz CT molecular complexity index is 471. The van der Waals surface area contributed by atoms with Gasteiger partial charge in [-0.15, -0.1) is 0 Å². The number of carbonyl (C=O) groups is 2. The third-order valence-corrected chi connectivity index (χ3v) is 3.55. The van der Waals surface area contributed by atoms with Crippen molar-refractivity contribution >= 4 is 12.0 Å². The van der Waals surface area contributed by atoms with Gasteiger partial charge in [-0.1, -0.05) is 30.3 Å². The van der Waals surface area contributed by atoms with Gasteiger partial charge in [-0.25, -0.2) is 4.79 Å². The maximum absolute atomic E-state index is 11.9. The second-order valence-corrected chi connectivity index (χ2v) is 5.29. The molecule has 2 amide bonds. The monoisotopic (exact) mass is 276 g/mol. The third-order valence-electron chi connectivity index (χ3n) is 3.55. The zero-order valence-corrected chi connectivity index (χ0v) is 11.5. The van der Waals surface area contributed by atoms with Crippen LogP contribution in [-0.4, -0.2) is 23.1 Å². The topological polar surface area (TPSA) is 78.4 Å². The summed E-state index contributed by atoms with van der Waals surface area (Å²) in [6.07, 6.45) is 1.97. The van der Waals surface area contributed by atoms with Crippen molar-refractivity contribution in [3.05, 3.63) is 35.9 Å². The van der Waals surface area contributed by atoms with Gasteiger partial charge in [-0.2, -0.15) is 0 Å². The van der Waals surface area contributed by atoms with E-state index in [1.807, 2.05) is 37.3 Å². The third kappa shape index (κ3) is 4.26. The lowest BCUT2D eigenvalue weighted by Gasteiger charge is -2.20. The van der Waals surface area contributed by atoms with Crippen LogP contribution >= 0.6 is 0 Å². The fraction of sp³-hybridized carbons (Fsp3) is 0.467. The number of nitrogens with one attached hydrogen (secondary N) is 2. The molecule has 2 atom stereocenters. The Hall–Kier alpha value is -2.04. The van der Waals surface area contributed by atoms with E-state index in [2.05, 4.69) is 10.6 Å². The first-order chi connectivity index (χ1) is 9.56. The predicted molar refractivity (Wildman–Crippen MR) is 75.3 cm³/mol. The second kappa shape index (κ2) is 6.41. The summed E-state index contributed by atoms with van der Waals surface area (Å²) in [5.41, 5.74) is 1.02. The first kappa shape index (κ1) is 14.4. The van der Waals surface area contributed by atoms with Crippen LogP contribution in [0.3, 0.4) is 0 Å². The molecule has 1 aliphatic carbocycles. The number of carbonyl (C=O) groups excluding carboxylic acids is 1. The molecule has 2 unspecified atom stereocenters. The highest BCUT2D eigenvalue weighted by atomic mass is 16.4. The van der Waals surface area contributed by atoms with E-state index in [1.54, 1.807) is 0 Å². The van der Waals surface area contributed by atoms with Gasteiger partial charge in [-0.05, 0) is 31.2 Å². The fourth-order valence-electron chi connectivity index (χ4n) is 2.25. The van der Waals surface area contributed by atoms with E-state index in [1.165, 1.54) is 0 Å². The number of amides is 2. The highest BCUT2D eigenvalue weighted by molar-refractivity contribution is 5.76. The summed E-state index contributed by atoms with van der Waals surface area (Å²) in [4.78, 5) is 22.7. The zero-order chi connectivity index (χ0) is 14.5. The summed E-state index contributed by atoms with van der Waals surface area (Å²) >= 11 is 0. The molecule has 5 nitrogen and oxygen atoms in total. The molecule has 0 saturated heterocycles. The lowest BCUT2D eigenvalue weighted by atomic mass is 10.1. The largest absolute Gasteiger partial charge is 0.481 e. The SMILES string of the molecule is CC(NC(=O)NC(CC(=O)O)C1CC1)c1ccccc1. The second-order valence-electron chi connectivity index (χ2n) is 5.29. The van der Waals surface area contributed by atoms with E-state index in [-0.39, 0.29) is 24.5 Å². The van der Waals surface area contributed by atoms with Crippen molar-refractivity contribution in [3.8, 4) is 0 Å². The number of aliphatic carboxylic acids is 1. The lowest BCUT2D eigenvalue weighted by molar-refractivity contribution is -0.137. The van der Waals surface area contributed by atoms with Gasteiger partial charge >= 0.3 is 12.0 Å². The van der Waals surface area contributed by atoms with Crippen LogP contribution in [0.5, 0.6) is 0 Å². The van der Waals surface area contributed by atoms with Crippen LogP contribution in [0.2, 0.25) is 0 Å². The number of carboxylic acid groups (broad SMARTS) is 1. The van der Waals surface area contributed by atoms with Crippen molar-refractivity contribution in [1.82, 2.24) is 10.6 Å². The van der Waals surface area contributed by atoms with E-state index >= 15 is 0 Å². The summed E-state index contributed by atoms with van der Waals surface area (Å²) in [7, 11) is 0. The lowest BCUT2D eigenvalue weighted by Crippen LogP contribution is -2.44. The summed E-state index contributed by atoms with van der Waals surface area (Å²) in [5.74, 6) is -0.567. The number of urea groups is 1. The summed E-state index contributed by atoms with van der Waals surface area (Å²) in [5, 5.41) is 14.5. The van der Waals surface area contributed by atoms with Gasteiger partial charge in [-0.3, -0.25) is 4.79 Å². The molecule has 0 aromatic heterocycles.